The van der Waals surface area contributed by atoms with Gasteiger partial charge in [-0.2, -0.15) is 5.10 Å². The second-order valence-electron chi connectivity index (χ2n) is 3.39. The molecule has 0 aliphatic carbocycles. The minimum absolute atomic E-state index is 0.305. The molecular weight excluding hydrogens is 214 g/mol. The highest BCUT2D eigenvalue weighted by molar-refractivity contribution is 5.79. The molecule has 1 N–H and O–H groups in total. The van der Waals surface area contributed by atoms with Gasteiger partial charge in [-0.25, -0.2) is 8.78 Å². The third-order valence-electron chi connectivity index (χ3n) is 2.30. The SMILES string of the molecule is Cc1c(-c2cc(F)cc(F)c2)n[nH]c1C=O. The lowest BCUT2D eigenvalue weighted by Gasteiger charge is -1.99. The van der Waals surface area contributed by atoms with Gasteiger partial charge in [-0.05, 0) is 19.1 Å². The molecule has 16 heavy (non-hydrogen) atoms. The van der Waals surface area contributed by atoms with Crippen LogP contribution in [0.1, 0.15) is 16.1 Å². The lowest BCUT2D eigenvalue weighted by atomic mass is 10.1. The van der Waals surface area contributed by atoms with Crippen molar-refractivity contribution in [3.63, 3.8) is 0 Å². The van der Waals surface area contributed by atoms with E-state index < -0.39 is 11.6 Å². The summed E-state index contributed by atoms with van der Waals surface area (Å²) >= 11 is 0. The van der Waals surface area contributed by atoms with E-state index in [1.807, 2.05) is 0 Å². The number of H-pyrrole nitrogens is 1. The number of carbonyl (C=O) groups is 1. The number of benzene rings is 1. The molecule has 2 aromatic rings. The number of aromatic nitrogens is 2. The molecule has 0 saturated carbocycles. The molecule has 0 radical (unpaired) electrons. The summed E-state index contributed by atoms with van der Waals surface area (Å²) in [6, 6.07) is 3.12. The number of carbonyl (C=O) groups excluding carboxylic acids is 1. The molecule has 0 atom stereocenters. The van der Waals surface area contributed by atoms with Crippen LogP contribution in [0.25, 0.3) is 11.3 Å². The fourth-order valence-electron chi connectivity index (χ4n) is 1.50. The maximum atomic E-state index is 13.0. The van der Waals surface area contributed by atoms with Crippen molar-refractivity contribution in [2.45, 2.75) is 6.92 Å². The van der Waals surface area contributed by atoms with Crippen molar-refractivity contribution in [1.82, 2.24) is 10.2 Å². The average molecular weight is 222 g/mol. The predicted molar refractivity (Wildman–Crippen MR) is 54.1 cm³/mol. The molecule has 3 nitrogen and oxygen atoms in total. The zero-order valence-electron chi connectivity index (χ0n) is 8.42. The van der Waals surface area contributed by atoms with Crippen LogP contribution in [-0.2, 0) is 0 Å². The maximum Gasteiger partial charge on any atom is 0.168 e. The van der Waals surface area contributed by atoms with Crippen molar-refractivity contribution in [3.05, 3.63) is 41.1 Å². The molecule has 0 unspecified atom stereocenters. The molecular formula is C11H8F2N2O. The van der Waals surface area contributed by atoms with Crippen LogP contribution in [0.5, 0.6) is 0 Å². The quantitative estimate of drug-likeness (QED) is 0.793. The van der Waals surface area contributed by atoms with E-state index in [4.69, 9.17) is 0 Å². The second-order valence-corrected chi connectivity index (χ2v) is 3.39. The van der Waals surface area contributed by atoms with Crippen LogP contribution >= 0.6 is 0 Å². The van der Waals surface area contributed by atoms with E-state index >= 15 is 0 Å². The molecule has 5 heteroatoms. The molecule has 0 amide bonds. The first-order chi connectivity index (χ1) is 7.61. The Balaban J connectivity index is 2.58. The molecule has 0 aliphatic heterocycles. The normalized spacial score (nSPS) is 10.4. The summed E-state index contributed by atoms with van der Waals surface area (Å²) in [5, 5.41) is 6.35. The van der Waals surface area contributed by atoms with Gasteiger partial charge in [-0.1, -0.05) is 0 Å². The van der Waals surface area contributed by atoms with E-state index in [0.29, 0.717) is 28.8 Å². The van der Waals surface area contributed by atoms with E-state index in [2.05, 4.69) is 10.2 Å². The molecule has 0 aliphatic rings. The van der Waals surface area contributed by atoms with E-state index in [1.54, 1.807) is 6.92 Å². The number of halogens is 2. The summed E-state index contributed by atoms with van der Waals surface area (Å²) in [6.07, 6.45) is 0.613. The highest BCUT2D eigenvalue weighted by Crippen LogP contribution is 2.24. The third-order valence-corrected chi connectivity index (χ3v) is 2.30. The van der Waals surface area contributed by atoms with Gasteiger partial charge >= 0.3 is 0 Å². The van der Waals surface area contributed by atoms with Crippen molar-refractivity contribution in [3.8, 4) is 11.3 Å². The molecule has 1 heterocycles. The number of nitrogens with one attached hydrogen (secondary N) is 1. The highest BCUT2D eigenvalue weighted by atomic mass is 19.1. The van der Waals surface area contributed by atoms with Gasteiger partial charge in [-0.15, -0.1) is 0 Å². The number of hydrogen-bond donors (Lipinski definition) is 1. The smallest absolute Gasteiger partial charge is 0.168 e. The Morgan fingerprint density at radius 2 is 1.88 bits per heavy atom. The first kappa shape index (κ1) is 10.5. The molecule has 0 bridgehead atoms. The van der Waals surface area contributed by atoms with Crippen molar-refractivity contribution >= 4 is 6.29 Å². The van der Waals surface area contributed by atoms with Gasteiger partial charge in [0.15, 0.2) is 6.29 Å². The highest BCUT2D eigenvalue weighted by Gasteiger charge is 2.12. The van der Waals surface area contributed by atoms with Gasteiger partial charge in [-0.3, -0.25) is 9.89 Å². The molecule has 0 saturated heterocycles. The Morgan fingerprint density at radius 1 is 1.25 bits per heavy atom. The summed E-state index contributed by atoms with van der Waals surface area (Å²) in [6.45, 7) is 1.66. The fourth-order valence-corrected chi connectivity index (χ4v) is 1.50. The molecule has 1 aromatic carbocycles. The average Bonchev–Trinajstić information content (AvgIpc) is 2.58. The largest absolute Gasteiger partial charge is 0.296 e. The first-order valence-corrected chi connectivity index (χ1v) is 4.58. The minimum atomic E-state index is -0.676. The van der Waals surface area contributed by atoms with Crippen LogP contribution in [0.3, 0.4) is 0 Å². The van der Waals surface area contributed by atoms with E-state index in [-0.39, 0.29) is 0 Å². The van der Waals surface area contributed by atoms with Crippen LogP contribution < -0.4 is 0 Å². The zero-order valence-corrected chi connectivity index (χ0v) is 8.42. The zero-order chi connectivity index (χ0) is 11.7. The number of aldehydes is 1. The van der Waals surface area contributed by atoms with Crippen LogP contribution in [0.4, 0.5) is 8.78 Å². The number of hydrogen-bond acceptors (Lipinski definition) is 2. The number of nitrogens with zero attached hydrogens (tertiary/aromatic N) is 1. The van der Waals surface area contributed by atoms with Crippen molar-refractivity contribution in [2.75, 3.05) is 0 Å². The van der Waals surface area contributed by atoms with E-state index in [9.17, 15) is 13.6 Å². The summed E-state index contributed by atoms with van der Waals surface area (Å²) in [4.78, 5) is 10.6. The summed E-state index contributed by atoms with van der Waals surface area (Å²) in [5.74, 6) is -1.35. The van der Waals surface area contributed by atoms with Crippen LogP contribution in [-0.4, -0.2) is 16.5 Å². The first-order valence-electron chi connectivity index (χ1n) is 4.58. The molecule has 82 valence electrons. The Kier molecular flexibility index (Phi) is 2.52. The summed E-state index contributed by atoms with van der Waals surface area (Å²) in [7, 11) is 0. The lowest BCUT2D eigenvalue weighted by molar-refractivity contribution is 0.111. The van der Waals surface area contributed by atoms with E-state index in [0.717, 1.165) is 6.07 Å². The van der Waals surface area contributed by atoms with E-state index in [1.165, 1.54) is 12.1 Å². The fraction of sp³-hybridized carbons (Fsp3) is 0.0909. The van der Waals surface area contributed by atoms with Gasteiger partial charge in [0.25, 0.3) is 0 Å². The summed E-state index contributed by atoms with van der Waals surface area (Å²) < 4.78 is 26.0. The lowest BCUT2D eigenvalue weighted by Crippen LogP contribution is -1.87. The maximum absolute atomic E-state index is 13.0. The van der Waals surface area contributed by atoms with Crippen molar-refractivity contribution < 1.29 is 13.6 Å². The van der Waals surface area contributed by atoms with Crippen LogP contribution in [0.15, 0.2) is 18.2 Å². The Bertz CT molecular complexity index is 529. The van der Waals surface area contributed by atoms with Gasteiger partial charge in [0.1, 0.15) is 17.3 Å². The number of rotatable bonds is 2. The Morgan fingerprint density at radius 3 is 2.38 bits per heavy atom. The van der Waals surface area contributed by atoms with Gasteiger partial charge in [0, 0.05) is 17.2 Å². The van der Waals surface area contributed by atoms with Crippen LogP contribution in [0, 0.1) is 18.6 Å². The van der Waals surface area contributed by atoms with Crippen LogP contribution in [0.2, 0.25) is 0 Å². The monoisotopic (exact) mass is 222 g/mol. The second kappa shape index (κ2) is 3.84. The minimum Gasteiger partial charge on any atom is -0.296 e. The standard InChI is InChI=1S/C11H8F2N2O/c1-6-10(5-16)14-15-11(6)7-2-8(12)4-9(13)3-7/h2-5H,1H3,(H,14,15). The third kappa shape index (κ3) is 1.71. The summed E-state index contributed by atoms with van der Waals surface area (Å²) in [5.41, 5.74) is 1.56. The van der Waals surface area contributed by atoms with Gasteiger partial charge in [0.05, 0.1) is 5.69 Å². The van der Waals surface area contributed by atoms with Gasteiger partial charge < -0.3 is 0 Å². The molecule has 0 fully saturated rings. The molecule has 2 rings (SSSR count). The van der Waals surface area contributed by atoms with Gasteiger partial charge in [0.2, 0.25) is 0 Å². The van der Waals surface area contributed by atoms with Crippen molar-refractivity contribution in [2.24, 2.45) is 0 Å². The predicted octanol–water partition coefficient (Wildman–Crippen LogP) is 2.48. The molecule has 0 spiro atoms. The van der Waals surface area contributed by atoms with Crippen molar-refractivity contribution in [1.29, 1.82) is 0 Å². The Hall–Kier alpha value is -2.04. The molecule has 1 aromatic heterocycles. The Labute approximate surface area is 90.1 Å². The number of aromatic amines is 1. The topological polar surface area (TPSA) is 45.8 Å².